The number of hydrogen-bond acceptors (Lipinski definition) is 8. The molecule has 0 unspecified atom stereocenters. The Balaban J connectivity index is 1.24. The van der Waals surface area contributed by atoms with Crippen LogP contribution < -0.4 is 0 Å². The highest BCUT2D eigenvalue weighted by Gasteiger charge is 2.50. The van der Waals surface area contributed by atoms with Gasteiger partial charge in [-0.3, -0.25) is 9.59 Å². The molecule has 4 rings (SSSR count). The van der Waals surface area contributed by atoms with Gasteiger partial charge in [-0.1, -0.05) is 6.92 Å². The number of unbranched alkanes of at least 4 members (excludes halogenated alkanes) is 1. The fourth-order valence-electron chi connectivity index (χ4n) is 3.16. The van der Waals surface area contributed by atoms with Crippen molar-refractivity contribution in [2.45, 2.75) is 51.9 Å². The summed E-state index contributed by atoms with van der Waals surface area (Å²) < 4.78 is 32.4. The molecule has 4 heterocycles. The van der Waals surface area contributed by atoms with Crippen LogP contribution in [0.25, 0.3) is 0 Å². The zero-order valence-corrected chi connectivity index (χ0v) is 16.3. The maximum atomic E-state index is 11.9. The molecule has 8 heteroatoms. The number of rotatable bonds is 10. The molecule has 0 spiro atoms. The first-order chi connectivity index (χ1) is 12.9. The molecule has 0 saturated carbocycles. The van der Waals surface area contributed by atoms with Gasteiger partial charge >= 0.3 is 11.9 Å². The van der Waals surface area contributed by atoms with Crippen molar-refractivity contribution in [3.8, 4) is 0 Å². The molecule has 0 aromatic rings. The highest BCUT2D eigenvalue weighted by molar-refractivity contribution is 5.70. The summed E-state index contributed by atoms with van der Waals surface area (Å²) in [7, 11) is 0. The summed E-state index contributed by atoms with van der Waals surface area (Å²) in [6, 6.07) is 0. The van der Waals surface area contributed by atoms with Gasteiger partial charge in [0.2, 0.25) is 0 Å². The predicted octanol–water partition coefficient (Wildman–Crippen LogP) is 1.80. The maximum absolute atomic E-state index is 11.9. The maximum Gasteiger partial charge on any atom is 0.305 e. The predicted molar refractivity (Wildman–Crippen MR) is 92.6 cm³/mol. The Morgan fingerprint density at radius 2 is 1.37 bits per heavy atom. The molecule has 154 valence electrons. The first-order valence-corrected chi connectivity index (χ1v) is 9.69. The second-order valence-electron chi connectivity index (χ2n) is 8.10. The minimum atomic E-state index is -0.956. The zero-order valence-electron chi connectivity index (χ0n) is 16.3. The molecule has 27 heavy (non-hydrogen) atoms. The van der Waals surface area contributed by atoms with E-state index in [1.54, 1.807) is 6.92 Å². The summed E-state index contributed by atoms with van der Waals surface area (Å²) in [5, 5.41) is 0. The number of hydrogen-bond donors (Lipinski definition) is 0. The average Bonchev–Trinajstić information content (AvgIpc) is 2.64. The van der Waals surface area contributed by atoms with E-state index >= 15 is 0 Å². The van der Waals surface area contributed by atoms with Crippen LogP contribution in [0.3, 0.4) is 0 Å². The van der Waals surface area contributed by atoms with Crippen molar-refractivity contribution in [1.82, 2.24) is 0 Å². The normalized spacial score (nSPS) is 31.2. The van der Waals surface area contributed by atoms with Gasteiger partial charge in [0.25, 0.3) is 5.97 Å². The summed E-state index contributed by atoms with van der Waals surface area (Å²) >= 11 is 0. The Labute approximate surface area is 159 Å². The van der Waals surface area contributed by atoms with Gasteiger partial charge in [0.05, 0.1) is 43.9 Å². The third-order valence-corrected chi connectivity index (χ3v) is 5.58. The number of carbonyl (C=O) groups excluding carboxylic acids is 2. The molecule has 4 saturated heterocycles. The van der Waals surface area contributed by atoms with E-state index < -0.39 is 11.4 Å². The lowest BCUT2D eigenvalue weighted by molar-refractivity contribution is -0.461. The van der Waals surface area contributed by atoms with Crippen molar-refractivity contribution in [1.29, 1.82) is 0 Å². The Morgan fingerprint density at radius 3 is 1.81 bits per heavy atom. The smallest absolute Gasteiger partial charge is 0.305 e. The molecule has 0 amide bonds. The highest BCUT2D eigenvalue weighted by Crippen LogP contribution is 2.38. The van der Waals surface area contributed by atoms with Crippen LogP contribution in [-0.2, 0) is 38.0 Å². The largest absolute Gasteiger partial charge is 0.465 e. The van der Waals surface area contributed by atoms with Gasteiger partial charge in [-0.15, -0.1) is 0 Å². The van der Waals surface area contributed by atoms with Crippen molar-refractivity contribution in [3.05, 3.63) is 0 Å². The van der Waals surface area contributed by atoms with Gasteiger partial charge < -0.3 is 28.4 Å². The van der Waals surface area contributed by atoms with Gasteiger partial charge in [-0.05, 0) is 19.3 Å². The minimum Gasteiger partial charge on any atom is -0.465 e. The lowest BCUT2D eigenvalue weighted by Crippen LogP contribution is -2.60. The molecule has 0 radical (unpaired) electrons. The van der Waals surface area contributed by atoms with Crippen molar-refractivity contribution < 1.29 is 38.0 Å². The van der Waals surface area contributed by atoms with Gasteiger partial charge in [0.15, 0.2) is 0 Å². The molecule has 2 bridgehead atoms. The third kappa shape index (κ3) is 5.19. The van der Waals surface area contributed by atoms with Crippen molar-refractivity contribution in [3.63, 3.8) is 0 Å². The molecular formula is C19H30O8. The molecule has 0 aliphatic carbocycles. The fraction of sp³-hybridized carbons (Fsp3) is 0.895. The number of fused-ring (bicyclic) bond motifs is 3. The van der Waals surface area contributed by atoms with Crippen LogP contribution in [0.4, 0.5) is 0 Å². The fourth-order valence-corrected chi connectivity index (χ4v) is 3.16. The van der Waals surface area contributed by atoms with Crippen LogP contribution in [0.5, 0.6) is 0 Å². The quantitative estimate of drug-likeness (QED) is 0.415. The first kappa shape index (κ1) is 20.5. The van der Waals surface area contributed by atoms with E-state index in [1.165, 1.54) is 0 Å². The molecule has 8 nitrogen and oxygen atoms in total. The number of esters is 2. The number of ether oxygens (including phenoxy) is 6. The van der Waals surface area contributed by atoms with E-state index in [0.717, 1.165) is 6.42 Å². The van der Waals surface area contributed by atoms with Gasteiger partial charge in [0, 0.05) is 19.8 Å². The second-order valence-corrected chi connectivity index (χ2v) is 8.10. The lowest BCUT2D eigenvalue weighted by atomic mass is 9.84. The highest BCUT2D eigenvalue weighted by atomic mass is 16.9. The van der Waals surface area contributed by atoms with Crippen LogP contribution in [0.15, 0.2) is 0 Å². The van der Waals surface area contributed by atoms with Crippen molar-refractivity contribution in [2.24, 2.45) is 10.8 Å². The topological polar surface area (TPSA) is 89.5 Å². The number of carbonyl (C=O) groups is 2. The minimum absolute atomic E-state index is 0.00566. The summed E-state index contributed by atoms with van der Waals surface area (Å²) in [6.45, 7) is 7.10. The van der Waals surface area contributed by atoms with E-state index in [4.69, 9.17) is 28.4 Å². The Hall–Kier alpha value is -1.22. The molecular weight excluding hydrogens is 356 g/mol. The monoisotopic (exact) mass is 386 g/mol. The summed E-state index contributed by atoms with van der Waals surface area (Å²) in [5.41, 5.74) is -0.413. The van der Waals surface area contributed by atoms with Crippen molar-refractivity contribution in [2.75, 3.05) is 46.2 Å². The summed E-state index contributed by atoms with van der Waals surface area (Å²) in [4.78, 5) is 23.7. The molecule has 0 N–H and O–H groups in total. The third-order valence-electron chi connectivity index (χ3n) is 5.58. The summed E-state index contributed by atoms with van der Waals surface area (Å²) in [5.74, 6) is -1.46. The molecule has 0 aromatic carbocycles. The van der Waals surface area contributed by atoms with E-state index in [1.807, 2.05) is 0 Å². The average molecular weight is 386 g/mol. The second kappa shape index (κ2) is 8.43. The molecule has 0 aromatic heterocycles. The SMILES string of the molecule is CCC1(COC(=O)CCCCC(=O)OCC23COC(C)(OC2)OC3)COC1. The summed E-state index contributed by atoms with van der Waals surface area (Å²) in [6.07, 6.45) is 2.71. The Bertz CT molecular complexity index is 512. The molecule has 4 fully saturated rings. The van der Waals surface area contributed by atoms with Gasteiger partial charge in [-0.25, -0.2) is 0 Å². The molecule has 4 aliphatic heterocycles. The van der Waals surface area contributed by atoms with E-state index in [-0.39, 0.29) is 30.4 Å². The van der Waals surface area contributed by atoms with Crippen LogP contribution in [0.1, 0.15) is 46.0 Å². The van der Waals surface area contributed by atoms with Crippen molar-refractivity contribution >= 4 is 11.9 Å². The standard InChI is InChI=1S/C19H30O8/c1-3-18(8-22-9-18)10-23-15(20)6-4-5-7-16(21)24-11-19-12-25-17(2,26-13-19)27-14-19/h3-14H2,1-2H3. The van der Waals surface area contributed by atoms with E-state index in [9.17, 15) is 9.59 Å². The zero-order chi connectivity index (χ0) is 19.4. The van der Waals surface area contributed by atoms with Crippen LogP contribution in [0.2, 0.25) is 0 Å². The van der Waals surface area contributed by atoms with Crippen LogP contribution in [0, 0.1) is 10.8 Å². The lowest BCUT2D eigenvalue weighted by Gasteiger charge is -2.49. The van der Waals surface area contributed by atoms with E-state index in [0.29, 0.717) is 58.9 Å². The van der Waals surface area contributed by atoms with Crippen LogP contribution >= 0.6 is 0 Å². The Morgan fingerprint density at radius 1 is 0.852 bits per heavy atom. The van der Waals surface area contributed by atoms with Gasteiger partial charge in [-0.2, -0.15) is 0 Å². The molecule has 0 atom stereocenters. The van der Waals surface area contributed by atoms with Crippen LogP contribution in [-0.4, -0.2) is 64.2 Å². The Kier molecular flexibility index (Phi) is 6.40. The van der Waals surface area contributed by atoms with Gasteiger partial charge in [0.1, 0.15) is 13.2 Å². The first-order valence-electron chi connectivity index (χ1n) is 9.69. The molecule has 4 aliphatic rings. The van der Waals surface area contributed by atoms with E-state index in [2.05, 4.69) is 6.92 Å².